The first kappa shape index (κ1) is 16.1. The van der Waals surface area contributed by atoms with Gasteiger partial charge in [-0.3, -0.25) is 0 Å². The lowest BCUT2D eigenvalue weighted by molar-refractivity contribution is 0.608. The van der Waals surface area contributed by atoms with Gasteiger partial charge in [-0.2, -0.15) is 0 Å². The molecule has 0 fully saturated rings. The van der Waals surface area contributed by atoms with Crippen LogP contribution < -0.4 is 11.1 Å². The summed E-state index contributed by atoms with van der Waals surface area (Å²) in [5, 5.41) is 2.98. The van der Waals surface area contributed by atoms with E-state index in [9.17, 15) is 4.39 Å². The molecule has 0 aliphatic carbocycles. The molecule has 5 heteroatoms. The van der Waals surface area contributed by atoms with Crippen molar-refractivity contribution in [3.63, 3.8) is 0 Å². The Kier molecular flexibility index (Phi) is 7.86. The predicted molar refractivity (Wildman–Crippen MR) is 80.0 cm³/mol. The first-order valence-corrected chi connectivity index (χ1v) is 5.36. The number of nitrogens with zero attached hydrogens (tertiary/aromatic N) is 1. The lowest BCUT2D eigenvalue weighted by Crippen LogP contribution is -2.34. The topological polar surface area (TPSA) is 50.4 Å². The highest BCUT2D eigenvalue weighted by Gasteiger charge is 1.99. The minimum Gasteiger partial charge on any atom is -0.370 e. The third kappa shape index (κ3) is 6.45. The van der Waals surface area contributed by atoms with E-state index in [2.05, 4.69) is 24.2 Å². The van der Waals surface area contributed by atoms with Crippen molar-refractivity contribution >= 4 is 29.9 Å². The highest BCUT2D eigenvalue weighted by molar-refractivity contribution is 14.0. The fourth-order valence-corrected chi connectivity index (χ4v) is 1.16. The Hall–Kier alpha value is -0.850. The van der Waals surface area contributed by atoms with E-state index in [0.29, 0.717) is 17.4 Å². The summed E-state index contributed by atoms with van der Waals surface area (Å²) >= 11 is 0. The zero-order valence-electron chi connectivity index (χ0n) is 10.1. The second kappa shape index (κ2) is 8.27. The number of rotatable bonds is 4. The van der Waals surface area contributed by atoms with Gasteiger partial charge in [-0.05, 0) is 12.0 Å². The van der Waals surface area contributed by atoms with Crippen LogP contribution in [0.4, 0.5) is 4.39 Å². The first-order valence-electron chi connectivity index (χ1n) is 5.36. The van der Waals surface area contributed by atoms with Crippen molar-refractivity contribution < 1.29 is 4.39 Å². The zero-order chi connectivity index (χ0) is 12.0. The highest BCUT2D eigenvalue weighted by atomic mass is 127. The van der Waals surface area contributed by atoms with Crippen molar-refractivity contribution in [3.05, 3.63) is 35.6 Å². The summed E-state index contributed by atoms with van der Waals surface area (Å²) in [4.78, 5) is 4.07. The van der Waals surface area contributed by atoms with Crippen LogP contribution in [0.25, 0.3) is 0 Å². The molecule has 0 saturated carbocycles. The van der Waals surface area contributed by atoms with Crippen LogP contribution in [-0.4, -0.2) is 12.5 Å². The van der Waals surface area contributed by atoms with Crippen molar-refractivity contribution in [1.82, 2.24) is 5.32 Å². The van der Waals surface area contributed by atoms with E-state index in [0.717, 1.165) is 6.54 Å². The normalized spacial score (nSPS) is 11.2. The minimum absolute atomic E-state index is 0. The molecule has 1 aromatic carbocycles. The average Bonchev–Trinajstić information content (AvgIpc) is 2.25. The Labute approximate surface area is 119 Å². The van der Waals surface area contributed by atoms with Gasteiger partial charge in [-0.1, -0.05) is 32.0 Å². The molecule has 0 heterocycles. The molecule has 1 rings (SSSR count). The fraction of sp³-hybridized carbons (Fsp3) is 0.417. The van der Waals surface area contributed by atoms with Gasteiger partial charge < -0.3 is 11.1 Å². The van der Waals surface area contributed by atoms with Gasteiger partial charge in [0, 0.05) is 12.1 Å². The maximum Gasteiger partial charge on any atom is 0.188 e. The van der Waals surface area contributed by atoms with Crippen LogP contribution in [0.2, 0.25) is 0 Å². The third-order valence-electron chi connectivity index (χ3n) is 2.07. The molecule has 0 aliphatic rings. The van der Waals surface area contributed by atoms with Gasteiger partial charge in [0.05, 0.1) is 6.54 Å². The van der Waals surface area contributed by atoms with Gasteiger partial charge in [0.1, 0.15) is 5.82 Å². The molecule has 0 radical (unpaired) electrons. The molecule has 0 spiro atoms. The molecular formula is C12H19FIN3. The minimum atomic E-state index is -0.247. The summed E-state index contributed by atoms with van der Waals surface area (Å²) < 4.78 is 13.2. The molecule has 0 aliphatic heterocycles. The van der Waals surface area contributed by atoms with Crippen molar-refractivity contribution in [2.75, 3.05) is 6.54 Å². The second-order valence-electron chi connectivity index (χ2n) is 4.07. The van der Waals surface area contributed by atoms with Crippen molar-refractivity contribution in [2.24, 2.45) is 16.6 Å². The number of guanidine groups is 1. The van der Waals surface area contributed by atoms with Crippen LogP contribution in [0.15, 0.2) is 29.3 Å². The molecule has 0 aromatic heterocycles. The Morgan fingerprint density at radius 3 is 2.65 bits per heavy atom. The Balaban J connectivity index is 0.00000256. The van der Waals surface area contributed by atoms with Crippen LogP contribution in [0.3, 0.4) is 0 Å². The van der Waals surface area contributed by atoms with E-state index in [1.54, 1.807) is 18.2 Å². The molecule has 0 amide bonds. The fourth-order valence-electron chi connectivity index (χ4n) is 1.16. The summed E-state index contributed by atoms with van der Waals surface area (Å²) in [6, 6.07) is 6.56. The summed E-state index contributed by atoms with van der Waals surface area (Å²) in [5.41, 5.74) is 6.19. The molecule has 17 heavy (non-hydrogen) atoms. The van der Waals surface area contributed by atoms with Crippen molar-refractivity contribution in [3.8, 4) is 0 Å². The third-order valence-corrected chi connectivity index (χ3v) is 2.07. The van der Waals surface area contributed by atoms with E-state index in [-0.39, 0.29) is 36.3 Å². The van der Waals surface area contributed by atoms with E-state index in [1.807, 2.05) is 0 Å². The number of hydrogen-bond acceptors (Lipinski definition) is 1. The van der Waals surface area contributed by atoms with Crippen molar-refractivity contribution in [1.29, 1.82) is 0 Å². The van der Waals surface area contributed by atoms with E-state index in [4.69, 9.17) is 5.73 Å². The van der Waals surface area contributed by atoms with Gasteiger partial charge in [0.25, 0.3) is 0 Å². The van der Waals surface area contributed by atoms with E-state index in [1.165, 1.54) is 6.07 Å². The number of halogens is 2. The maximum atomic E-state index is 13.2. The van der Waals surface area contributed by atoms with Crippen LogP contribution in [0.1, 0.15) is 19.4 Å². The van der Waals surface area contributed by atoms with Crippen LogP contribution >= 0.6 is 24.0 Å². The molecule has 3 N–H and O–H groups in total. The van der Waals surface area contributed by atoms with Gasteiger partial charge in [0.15, 0.2) is 5.96 Å². The smallest absolute Gasteiger partial charge is 0.188 e. The van der Waals surface area contributed by atoms with Gasteiger partial charge >= 0.3 is 0 Å². The number of nitrogens with two attached hydrogens (primary N) is 1. The second-order valence-corrected chi connectivity index (χ2v) is 4.07. The summed E-state index contributed by atoms with van der Waals surface area (Å²) in [6.45, 7) is 5.20. The van der Waals surface area contributed by atoms with Crippen LogP contribution in [0, 0.1) is 11.7 Å². The first-order chi connectivity index (χ1) is 7.59. The van der Waals surface area contributed by atoms with Gasteiger partial charge in [0.2, 0.25) is 0 Å². The summed E-state index contributed by atoms with van der Waals surface area (Å²) in [5.74, 6) is 0.613. The van der Waals surface area contributed by atoms with Crippen molar-refractivity contribution in [2.45, 2.75) is 20.4 Å². The molecule has 0 atom stereocenters. The Bertz CT molecular complexity index is 367. The molecule has 1 aromatic rings. The summed E-state index contributed by atoms with van der Waals surface area (Å²) in [7, 11) is 0. The van der Waals surface area contributed by atoms with Crippen LogP contribution in [-0.2, 0) is 6.54 Å². The SMILES string of the molecule is CC(C)CNC(N)=NCc1ccccc1F.I. The average molecular weight is 351 g/mol. The largest absolute Gasteiger partial charge is 0.370 e. The van der Waals surface area contributed by atoms with Crippen LogP contribution in [0.5, 0.6) is 0 Å². The number of hydrogen-bond donors (Lipinski definition) is 2. The van der Waals surface area contributed by atoms with Gasteiger partial charge in [-0.15, -0.1) is 24.0 Å². The predicted octanol–water partition coefficient (Wildman–Crippen LogP) is 2.50. The van der Waals surface area contributed by atoms with E-state index >= 15 is 0 Å². The standard InChI is InChI=1S/C12H18FN3.HI/c1-9(2)7-15-12(14)16-8-10-5-3-4-6-11(10)13;/h3-6,9H,7-8H2,1-2H3,(H3,14,15,16);1H. The Morgan fingerprint density at radius 1 is 1.41 bits per heavy atom. The highest BCUT2D eigenvalue weighted by Crippen LogP contribution is 2.06. The monoisotopic (exact) mass is 351 g/mol. The quantitative estimate of drug-likeness (QED) is 0.498. The molecule has 0 saturated heterocycles. The molecule has 3 nitrogen and oxygen atoms in total. The molecular weight excluding hydrogens is 332 g/mol. The molecule has 96 valence electrons. The number of nitrogens with one attached hydrogen (secondary N) is 1. The maximum absolute atomic E-state index is 13.2. The number of aliphatic imine (C=N–C) groups is 1. The summed E-state index contributed by atoms with van der Waals surface area (Å²) in [6.07, 6.45) is 0. The zero-order valence-corrected chi connectivity index (χ0v) is 12.4. The Morgan fingerprint density at radius 2 is 2.06 bits per heavy atom. The lowest BCUT2D eigenvalue weighted by Gasteiger charge is -2.07. The molecule has 0 bridgehead atoms. The lowest BCUT2D eigenvalue weighted by atomic mass is 10.2. The number of benzene rings is 1. The van der Waals surface area contributed by atoms with Gasteiger partial charge in [-0.25, -0.2) is 9.38 Å². The molecule has 0 unspecified atom stereocenters. The van der Waals surface area contributed by atoms with E-state index < -0.39 is 0 Å².